The Kier molecular flexibility index (Phi) is 12.3. The first kappa shape index (κ1) is 33.2. The Morgan fingerprint density at radius 2 is 1.71 bits per heavy atom. The van der Waals surface area contributed by atoms with E-state index >= 15 is 0 Å². The van der Waals surface area contributed by atoms with Crippen molar-refractivity contribution in [3.8, 4) is 0 Å². The summed E-state index contributed by atoms with van der Waals surface area (Å²) in [6.07, 6.45) is -0.430. The summed E-state index contributed by atoms with van der Waals surface area (Å²) >= 11 is 6.14. The summed E-state index contributed by atoms with van der Waals surface area (Å²) in [5.41, 5.74) is 3.58. The van der Waals surface area contributed by atoms with Crippen LogP contribution in [0.2, 0.25) is 5.02 Å². The number of hydrogen-bond donors (Lipinski definition) is 1. The fraction of sp³-hybridized carbons (Fsp3) is 0.231. The molecule has 1 aliphatic rings. The van der Waals surface area contributed by atoms with E-state index in [-0.39, 0.29) is 83.9 Å². The SMILES string of the molecule is Cc1ccccc1C(=O)Nc1cccc(C(=O)N2CCCC(OP(=O)([O-])[O-])c3cc(Cl)ccc32)c1C.[Na+].[Na+]. The number of amides is 2. The average molecular weight is 573 g/mol. The number of anilines is 2. The largest absolute Gasteiger partial charge is 1.00 e. The van der Waals surface area contributed by atoms with Gasteiger partial charge in [-0.1, -0.05) is 35.9 Å². The average Bonchev–Trinajstić information content (AvgIpc) is 2.98. The molecule has 0 bridgehead atoms. The minimum Gasteiger partial charge on any atom is -0.790 e. The van der Waals surface area contributed by atoms with Crippen LogP contribution >= 0.6 is 19.4 Å². The molecule has 12 heteroatoms. The molecule has 188 valence electrons. The third-order valence-corrected chi connectivity index (χ3v) is 6.93. The standard InChI is InChI=1S/C26H26ClN2O6P.2Na/c1-16-7-3-4-8-19(16)25(30)28-22-10-5-9-20(17(22)2)26(31)29-14-6-11-24(35-36(32,33)34)21-15-18(27)12-13-23(21)29;;/h3-5,7-10,12-13,15,24H,6,11,14H2,1-2H3,(H,28,30)(H2,32,33,34);;/q;2*+1/p-2. The van der Waals surface area contributed by atoms with E-state index < -0.39 is 13.9 Å². The van der Waals surface area contributed by atoms with Crippen molar-refractivity contribution in [2.45, 2.75) is 32.8 Å². The van der Waals surface area contributed by atoms with Gasteiger partial charge in [0.2, 0.25) is 0 Å². The predicted octanol–water partition coefficient (Wildman–Crippen LogP) is -1.46. The second-order valence-electron chi connectivity index (χ2n) is 8.59. The summed E-state index contributed by atoms with van der Waals surface area (Å²) in [5.74, 6) is -0.619. The summed E-state index contributed by atoms with van der Waals surface area (Å²) in [4.78, 5) is 50.8. The van der Waals surface area contributed by atoms with Crippen molar-refractivity contribution < 1.29 is 87.6 Å². The molecule has 1 atom stereocenters. The Labute approximate surface area is 270 Å². The molecular formula is C26H24ClN2Na2O6P. The quantitative estimate of drug-likeness (QED) is 0.295. The van der Waals surface area contributed by atoms with Crippen LogP contribution in [0.25, 0.3) is 0 Å². The zero-order valence-electron chi connectivity index (χ0n) is 21.7. The monoisotopic (exact) mass is 572 g/mol. The molecule has 0 spiro atoms. The van der Waals surface area contributed by atoms with E-state index in [2.05, 4.69) is 5.32 Å². The van der Waals surface area contributed by atoms with Crippen LogP contribution in [-0.2, 0) is 9.09 Å². The smallest absolute Gasteiger partial charge is 0.790 e. The van der Waals surface area contributed by atoms with Crippen molar-refractivity contribution in [2.75, 3.05) is 16.8 Å². The van der Waals surface area contributed by atoms with Gasteiger partial charge in [-0.25, -0.2) is 0 Å². The number of rotatable bonds is 5. The van der Waals surface area contributed by atoms with Crippen LogP contribution in [0.3, 0.4) is 0 Å². The maximum Gasteiger partial charge on any atom is 1.00 e. The number of benzene rings is 3. The molecule has 8 nitrogen and oxygen atoms in total. The summed E-state index contributed by atoms with van der Waals surface area (Å²) in [7, 11) is -5.27. The van der Waals surface area contributed by atoms with Gasteiger partial charge >= 0.3 is 59.1 Å². The molecule has 1 N–H and O–H groups in total. The number of hydrogen-bond acceptors (Lipinski definition) is 6. The summed E-state index contributed by atoms with van der Waals surface area (Å²) in [6, 6.07) is 17.0. The second-order valence-corrected chi connectivity index (χ2v) is 10.1. The molecule has 1 unspecified atom stereocenters. The third kappa shape index (κ3) is 7.80. The van der Waals surface area contributed by atoms with Crippen molar-refractivity contribution in [2.24, 2.45) is 0 Å². The molecule has 1 aliphatic heterocycles. The van der Waals surface area contributed by atoms with Gasteiger partial charge in [0.25, 0.3) is 11.8 Å². The number of nitrogens with zero attached hydrogens (tertiary/aromatic N) is 1. The second kappa shape index (κ2) is 14.1. The van der Waals surface area contributed by atoms with Gasteiger partial charge in [-0.05, 0) is 74.2 Å². The molecule has 4 rings (SSSR count). The van der Waals surface area contributed by atoms with Crippen molar-refractivity contribution in [3.05, 3.63) is 93.5 Å². The summed E-state index contributed by atoms with van der Waals surface area (Å²) in [6.45, 7) is 3.87. The maximum absolute atomic E-state index is 13.7. The Morgan fingerprint density at radius 1 is 1.03 bits per heavy atom. The molecular weight excluding hydrogens is 549 g/mol. The molecule has 0 fully saturated rings. The van der Waals surface area contributed by atoms with E-state index in [9.17, 15) is 23.9 Å². The summed E-state index contributed by atoms with van der Waals surface area (Å²) < 4.78 is 16.2. The molecule has 2 amide bonds. The van der Waals surface area contributed by atoms with Gasteiger partial charge in [0.15, 0.2) is 0 Å². The Bertz CT molecular complexity index is 1380. The zero-order chi connectivity index (χ0) is 26.0. The number of aryl methyl sites for hydroxylation is 1. The van der Waals surface area contributed by atoms with Gasteiger partial charge in [-0.2, -0.15) is 0 Å². The van der Waals surface area contributed by atoms with Gasteiger partial charge in [-0.15, -0.1) is 0 Å². The van der Waals surface area contributed by atoms with E-state index in [1.54, 1.807) is 49.4 Å². The number of carbonyl (C=O) groups excluding carboxylic acids is 2. The maximum atomic E-state index is 13.7. The van der Waals surface area contributed by atoms with Gasteiger partial charge < -0.3 is 29.1 Å². The molecule has 0 aromatic heterocycles. The van der Waals surface area contributed by atoms with Crippen molar-refractivity contribution in [1.29, 1.82) is 0 Å². The van der Waals surface area contributed by atoms with Crippen molar-refractivity contribution in [1.82, 2.24) is 0 Å². The van der Waals surface area contributed by atoms with Gasteiger partial charge in [0.1, 0.15) is 0 Å². The Hall–Kier alpha value is -1.000. The molecule has 1 heterocycles. The van der Waals surface area contributed by atoms with Gasteiger partial charge in [0, 0.05) is 39.6 Å². The van der Waals surface area contributed by atoms with Crippen LogP contribution in [0.15, 0.2) is 60.7 Å². The van der Waals surface area contributed by atoms with Crippen LogP contribution in [0.1, 0.15) is 56.4 Å². The molecule has 0 radical (unpaired) electrons. The number of phosphoric ester groups is 1. The van der Waals surface area contributed by atoms with Gasteiger partial charge in [0.05, 0.1) is 13.9 Å². The van der Waals surface area contributed by atoms with Crippen LogP contribution in [0.5, 0.6) is 0 Å². The van der Waals surface area contributed by atoms with E-state index in [1.165, 1.54) is 11.0 Å². The zero-order valence-corrected chi connectivity index (χ0v) is 27.3. The fourth-order valence-corrected chi connectivity index (χ4v) is 5.09. The number of phosphoric acid groups is 1. The summed E-state index contributed by atoms with van der Waals surface area (Å²) in [5, 5.41) is 3.21. The molecule has 3 aromatic carbocycles. The third-order valence-electron chi connectivity index (χ3n) is 6.18. The van der Waals surface area contributed by atoms with Crippen LogP contribution in [-0.4, -0.2) is 18.4 Å². The van der Waals surface area contributed by atoms with Crippen LogP contribution in [0.4, 0.5) is 11.4 Å². The fourth-order valence-electron chi connectivity index (χ4n) is 4.38. The molecule has 0 saturated carbocycles. The Morgan fingerprint density at radius 3 is 2.39 bits per heavy atom. The van der Waals surface area contributed by atoms with E-state index in [0.29, 0.717) is 45.1 Å². The van der Waals surface area contributed by atoms with Crippen molar-refractivity contribution >= 4 is 42.6 Å². The van der Waals surface area contributed by atoms with Crippen molar-refractivity contribution in [3.63, 3.8) is 0 Å². The first-order valence-electron chi connectivity index (χ1n) is 11.3. The van der Waals surface area contributed by atoms with Crippen LogP contribution < -0.4 is 79.1 Å². The molecule has 38 heavy (non-hydrogen) atoms. The van der Waals surface area contributed by atoms with E-state index in [0.717, 1.165) is 5.56 Å². The number of fused-ring (bicyclic) bond motifs is 1. The first-order chi connectivity index (χ1) is 17.0. The minimum atomic E-state index is -5.27. The number of carbonyl (C=O) groups is 2. The van der Waals surface area contributed by atoms with E-state index in [4.69, 9.17) is 16.1 Å². The first-order valence-corrected chi connectivity index (χ1v) is 13.2. The number of halogens is 1. The van der Waals surface area contributed by atoms with Crippen LogP contribution in [0, 0.1) is 13.8 Å². The van der Waals surface area contributed by atoms with Gasteiger partial charge in [-0.3, -0.25) is 9.59 Å². The minimum absolute atomic E-state index is 0. The Balaban J connectivity index is 0.00000253. The topological polar surface area (TPSA) is 122 Å². The molecule has 0 saturated heterocycles. The molecule has 0 aliphatic carbocycles. The predicted molar refractivity (Wildman–Crippen MR) is 134 cm³/mol. The normalized spacial score (nSPS) is 14.9. The molecule has 3 aromatic rings. The number of nitrogens with one attached hydrogen (secondary N) is 1. The van der Waals surface area contributed by atoms with E-state index in [1.807, 2.05) is 19.1 Å².